The minimum atomic E-state index is -0.324. The Labute approximate surface area is 152 Å². The van der Waals surface area contributed by atoms with Crippen molar-refractivity contribution in [3.8, 4) is 11.8 Å². The van der Waals surface area contributed by atoms with E-state index >= 15 is 0 Å². The molecule has 0 bridgehead atoms. The maximum absolute atomic E-state index is 12.3. The van der Waals surface area contributed by atoms with Gasteiger partial charge in [0.15, 0.2) is 5.11 Å². The van der Waals surface area contributed by atoms with Crippen LogP contribution >= 0.6 is 12.2 Å². The van der Waals surface area contributed by atoms with E-state index in [2.05, 4.69) is 17.6 Å². The highest BCUT2D eigenvalue weighted by molar-refractivity contribution is 7.80. The Hall–Kier alpha value is -2.91. The molecule has 0 radical (unpaired) electrons. The number of hydrogen-bond acceptors (Lipinski definition) is 4. The number of carbonyl (C=O) groups excluding carboxylic acids is 1. The van der Waals surface area contributed by atoms with Gasteiger partial charge in [0.25, 0.3) is 5.91 Å². The van der Waals surface area contributed by atoms with E-state index in [4.69, 9.17) is 22.2 Å². The maximum Gasteiger partial charge on any atom is 0.257 e. The molecule has 6 heteroatoms. The lowest BCUT2D eigenvalue weighted by Crippen LogP contribution is -2.34. The summed E-state index contributed by atoms with van der Waals surface area (Å²) >= 11 is 5.15. The van der Waals surface area contributed by atoms with Gasteiger partial charge in [-0.1, -0.05) is 25.5 Å². The number of hydrogen-bond donors (Lipinski definition) is 2. The second kappa shape index (κ2) is 9.40. The van der Waals surface area contributed by atoms with Crippen LogP contribution in [0.3, 0.4) is 0 Å². The molecule has 0 heterocycles. The number of unbranched alkanes of at least 4 members (excludes halogenated alkanes) is 1. The molecular weight excluding hydrogens is 334 g/mol. The number of anilines is 1. The van der Waals surface area contributed by atoms with Gasteiger partial charge in [-0.05, 0) is 55.0 Å². The van der Waals surface area contributed by atoms with Gasteiger partial charge < -0.3 is 10.1 Å². The lowest BCUT2D eigenvalue weighted by Gasteiger charge is -2.11. The van der Waals surface area contributed by atoms with Crippen LogP contribution in [0.15, 0.2) is 48.5 Å². The average Bonchev–Trinajstić information content (AvgIpc) is 2.62. The summed E-state index contributed by atoms with van der Waals surface area (Å²) < 4.78 is 5.60. The van der Waals surface area contributed by atoms with Crippen molar-refractivity contribution in [3.63, 3.8) is 0 Å². The van der Waals surface area contributed by atoms with Crippen LogP contribution in [-0.2, 0) is 0 Å². The van der Waals surface area contributed by atoms with E-state index in [9.17, 15) is 4.79 Å². The molecule has 0 aromatic heterocycles. The molecule has 1 amide bonds. The number of nitriles is 1. The molecule has 0 atom stereocenters. The van der Waals surface area contributed by atoms with Crippen molar-refractivity contribution < 1.29 is 9.53 Å². The fraction of sp³-hybridized carbons (Fsp3) is 0.211. The highest BCUT2D eigenvalue weighted by atomic mass is 32.1. The Kier molecular flexibility index (Phi) is 6.93. The summed E-state index contributed by atoms with van der Waals surface area (Å²) in [4.78, 5) is 12.3. The normalized spacial score (nSPS) is 9.76. The number of ether oxygens (including phenoxy) is 1. The molecule has 0 fully saturated rings. The van der Waals surface area contributed by atoms with E-state index < -0.39 is 0 Å². The van der Waals surface area contributed by atoms with E-state index in [-0.39, 0.29) is 11.0 Å². The van der Waals surface area contributed by atoms with E-state index in [0.29, 0.717) is 29.2 Å². The first-order chi connectivity index (χ1) is 12.1. The van der Waals surface area contributed by atoms with Crippen LogP contribution in [0, 0.1) is 11.3 Å². The lowest BCUT2D eigenvalue weighted by molar-refractivity contribution is 0.0977. The molecule has 0 aliphatic carbocycles. The minimum Gasteiger partial charge on any atom is -0.494 e. The van der Waals surface area contributed by atoms with Crippen molar-refractivity contribution in [1.29, 1.82) is 5.26 Å². The molecule has 128 valence electrons. The monoisotopic (exact) mass is 353 g/mol. The number of carbonyl (C=O) groups is 1. The van der Waals surface area contributed by atoms with Crippen LogP contribution in [0.1, 0.15) is 35.7 Å². The van der Waals surface area contributed by atoms with E-state index in [1.807, 2.05) is 12.1 Å². The lowest BCUT2D eigenvalue weighted by atomic mass is 10.2. The van der Waals surface area contributed by atoms with Crippen LogP contribution in [0.5, 0.6) is 5.75 Å². The molecule has 25 heavy (non-hydrogen) atoms. The number of nitrogens with one attached hydrogen (secondary N) is 2. The minimum absolute atomic E-state index is 0.164. The Morgan fingerprint density at radius 1 is 1.24 bits per heavy atom. The fourth-order valence-electron chi connectivity index (χ4n) is 2.07. The van der Waals surface area contributed by atoms with Gasteiger partial charge in [-0.3, -0.25) is 10.1 Å². The number of rotatable bonds is 6. The second-order valence-corrected chi connectivity index (χ2v) is 5.74. The number of thiocarbonyl (C=S) groups is 1. The summed E-state index contributed by atoms with van der Waals surface area (Å²) in [5, 5.41) is 14.6. The summed E-state index contributed by atoms with van der Waals surface area (Å²) in [5.41, 5.74) is 1.61. The predicted molar refractivity (Wildman–Crippen MR) is 102 cm³/mol. The molecule has 2 aromatic carbocycles. The Morgan fingerprint density at radius 3 is 2.80 bits per heavy atom. The van der Waals surface area contributed by atoms with Crippen molar-refractivity contribution in [1.82, 2.24) is 5.32 Å². The zero-order chi connectivity index (χ0) is 18.1. The standard InChI is InChI=1S/C19H19N3O2S/c1-2-3-10-24-17-9-5-7-15(12-17)18(23)22-19(25)21-16-8-4-6-14(11-16)13-20/h4-9,11-12H,2-3,10H2,1H3,(H2,21,22,23,25). The zero-order valence-electron chi connectivity index (χ0n) is 13.9. The van der Waals surface area contributed by atoms with Gasteiger partial charge in [-0.2, -0.15) is 5.26 Å². The molecule has 0 spiro atoms. The topological polar surface area (TPSA) is 74.2 Å². The summed E-state index contributed by atoms with van der Waals surface area (Å²) in [7, 11) is 0. The maximum atomic E-state index is 12.3. The van der Waals surface area contributed by atoms with Crippen LogP contribution in [-0.4, -0.2) is 17.6 Å². The number of amides is 1. The summed E-state index contributed by atoms with van der Waals surface area (Å²) in [5.74, 6) is 0.330. The third kappa shape index (κ3) is 5.90. The molecule has 0 saturated heterocycles. The highest BCUT2D eigenvalue weighted by Gasteiger charge is 2.09. The second-order valence-electron chi connectivity index (χ2n) is 5.33. The number of nitrogens with zero attached hydrogens (tertiary/aromatic N) is 1. The SMILES string of the molecule is CCCCOc1cccc(C(=O)NC(=S)Nc2cccc(C#N)c2)c1. The molecule has 5 nitrogen and oxygen atoms in total. The third-order valence-electron chi connectivity index (χ3n) is 3.34. The first kappa shape index (κ1) is 18.4. The zero-order valence-corrected chi connectivity index (χ0v) is 14.7. The molecule has 0 unspecified atom stereocenters. The van der Waals surface area contributed by atoms with Crippen molar-refractivity contribution in [3.05, 3.63) is 59.7 Å². The van der Waals surface area contributed by atoms with Crippen LogP contribution in [0.2, 0.25) is 0 Å². The van der Waals surface area contributed by atoms with Crippen LogP contribution in [0.25, 0.3) is 0 Å². The van der Waals surface area contributed by atoms with Gasteiger partial charge in [0, 0.05) is 11.3 Å². The Balaban J connectivity index is 1.95. The first-order valence-electron chi connectivity index (χ1n) is 7.97. The van der Waals surface area contributed by atoms with E-state index in [1.165, 1.54) is 0 Å². The van der Waals surface area contributed by atoms with E-state index in [1.54, 1.807) is 42.5 Å². The van der Waals surface area contributed by atoms with Gasteiger partial charge >= 0.3 is 0 Å². The molecule has 0 saturated carbocycles. The average molecular weight is 353 g/mol. The van der Waals surface area contributed by atoms with Crippen molar-refractivity contribution in [2.45, 2.75) is 19.8 Å². The molecular formula is C19H19N3O2S. The summed E-state index contributed by atoms with van der Waals surface area (Å²) in [6.45, 7) is 2.71. The molecule has 2 aromatic rings. The third-order valence-corrected chi connectivity index (χ3v) is 3.54. The van der Waals surface area contributed by atoms with Gasteiger partial charge in [0.05, 0.1) is 18.2 Å². The summed E-state index contributed by atoms with van der Waals surface area (Å²) in [6.07, 6.45) is 2.01. The molecule has 2 N–H and O–H groups in total. The van der Waals surface area contributed by atoms with Crippen molar-refractivity contribution in [2.75, 3.05) is 11.9 Å². The van der Waals surface area contributed by atoms with Crippen LogP contribution in [0.4, 0.5) is 5.69 Å². The quantitative estimate of drug-likeness (QED) is 0.609. The predicted octanol–water partition coefficient (Wildman–Crippen LogP) is 3.86. The number of benzene rings is 2. The summed E-state index contributed by atoms with van der Waals surface area (Å²) in [6, 6.07) is 15.9. The van der Waals surface area contributed by atoms with Crippen molar-refractivity contribution >= 4 is 28.9 Å². The Morgan fingerprint density at radius 2 is 2.04 bits per heavy atom. The highest BCUT2D eigenvalue weighted by Crippen LogP contribution is 2.14. The smallest absolute Gasteiger partial charge is 0.257 e. The first-order valence-corrected chi connectivity index (χ1v) is 8.38. The van der Waals surface area contributed by atoms with Crippen LogP contribution < -0.4 is 15.4 Å². The van der Waals surface area contributed by atoms with Gasteiger partial charge in [0.2, 0.25) is 0 Å². The van der Waals surface area contributed by atoms with Gasteiger partial charge in [-0.25, -0.2) is 0 Å². The largest absolute Gasteiger partial charge is 0.494 e. The fourth-order valence-corrected chi connectivity index (χ4v) is 2.28. The molecule has 0 aliphatic heterocycles. The molecule has 2 rings (SSSR count). The Bertz CT molecular complexity index is 799. The van der Waals surface area contributed by atoms with Gasteiger partial charge in [0.1, 0.15) is 5.75 Å². The van der Waals surface area contributed by atoms with Crippen molar-refractivity contribution in [2.24, 2.45) is 0 Å². The van der Waals surface area contributed by atoms with E-state index in [0.717, 1.165) is 12.8 Å². The molecule has 0 aliphatic rings. The van der Waals surface area contributed by atoms with Gasteiger partial charge in [-0.15, -0.1) is 0 Å².